The molecule has 0 saturated heterocycles. The average molecular weight is 272 g/mol. The zero-order valence-electron chi connectivity index (χ0n) is 11.1. The van der Waals surface area contributed by atoms with Crippen molar-refractivity contribution in [1.82, 2.24) is 0 Å². The highest BCUT2D eigenvalue weighted by Gasteiger charge is 2.11. The lowest BCUT2D eigenvalue weighted by molar-refractivity contribution is 0.615. The van der Waals surface area contributed by atoms with Gasteiger partial charge >= 0.3 is 0 Å². The van der Waals surface area contributed by atoms with Gasteiger partial charge in [0.1, 0.15) is 17.7 Å². The fraction of sp³-hybridized carbons (Fsp3) is 0.188. The highest BCUT2D eigenvalue weighted by atomic mass is 19.1. The van der Waals surface area contributed by atoms with Crippen molar-refractivity contribution in [3.63, 3.8) is 0 Å². The number of hydrogen-bond acceptors (Lipinski definition) is 2. The molecule has 4 heteroatoms. The first-order valence-corrected chi connectivity index (χ1v) is 6.33. The average Bonchev–Trinajstić information content (AvgIpc) is 2.47. The van der Waals surface area contributed by atoms with Gasteiger partial charge in [0.25, 0.3) is 0 Å². The molecule has 0 N–H and O–H groups in total. The minimum absolute atomic E-state index is 0.00656. The topological polar surface area (TPSA) is 27.0 Å². The number of anilines is 1. The summed E-state index contributed by atoms with van der Waals surface area (Å²) in [7, 11) is 0. The molecule has 2 nitrogen and oxygen atoms in total. The van der Waals surface area contributed by atoms with Crippen LogP contribution in [0.5, 0.6) is 0 Å². The summed E-state index contributed by atoms with van der Waals surface area (Å²) in [5.41, 5.74) is 1.28. The van der Waals surface area contributed by atoms with Gasteiger partial charge in [0.15, 0.2) is 0 Å². The Morgan fingerprint density at radius 2 is 1.85 bits per heavy atom. The van der Waals surface area contributed by atoms with Crippen LogP contribution >= 0.6 is 0 Å². The molecule has 0 fully saturated rings. The van der Waals surface area contributed by atoms with Gasteiger partial charge in [-0.2, -0.15) is 5.26 Å². The number of nitrogens with zero attached hydrogens (tertiary/aromatic N) is 2. The van der Waals surface area contributed by atoms with Crippen molar-refractivity contribution in [2.45, 2.75) is 13.5 Å². The van der Waals surface area contributed by atoms with E-state index in [0.29, 0.717) is 18.8 Å². The van der Waals surface area contributed by atoms with E-state index in [1.54, 1.807) is 24.3 Å². The fourth-order valence-electron chi connectivity index (χ4n) is 2.05. The third-order valence-electron chi connectivity index (χ3n) is 3.10. The number of rotatable bonds is 4. The quantitative estimate of drug-likeness (QED) is 0.845. The van der Waals surface area contributed by atoms with Crippen LogP contribution in [0.4, 0.5) is 14.5 Å². The van der Waals surface area contributed by atoms with Crippen LogP contribution < -0.4 is 4.90 Å². The van der Waals surface area contributed by atoms with Crippen molar-refractivity contribution in [1.29, 1.82) is 5.26 Å². The Labute approximate surface area is 116 Å². The maximum atomic E-state index is 13.8. The number of para-hydroxylation sites is 1. The normalized spacial score (nSPS) is 10.1. The van der Waals surface area contributed by atoms with E-state index in [1.165, 1.54) is 18.2 Å². The van der Waals surface area contributed by atoms with Gasteiger partial charge in [0, 0.05) is 13.1 Å². The summed E-state index contributed by atoms with van der Waals surface area (Å²) in [4.78, 5) is 1.84. The van der Waals surface area contributed by atoms with Gasteiger partial charge in [-0.25, -0.2) is 8.78 Å². The summed E-state index contributed by atoms with van der Waals surface area (Å²) in [6.45, 7) is 2.95. The van der Waals surface area contributed by atoms with Crippen molar-refractivity contribution in [3.05, 3.63) is 65.2 Å². The molecule has 0 heterocycles. The molecule has 2 aromatic rings. The second kappa shape index (κ2) is 6.16. The van der Waals surface area contributed by atoms with E-state index in [2.05, 4.69) is 0 Å². The van der Waals surface area contributed by atoms with Crippen molar-refractivity contribution in [3.8, 4) is 6.07 Å². The van der Waals surface area contributed by atoms with Crippen molar-refractivity contribution < 1.29 is 8.78 Å². The summed E-state index contributed by atoms with van der Waals surface area (Å²) >= 11 is 0. The summed E-state index contributed by atoms with van der Waals surface area (Å²) in [6, 6.07) is 12.7. The minimum Gasteiger partial charge on any atom is -0.365 e. The third-order valence-corrected chi connectivity index (χ3v) is 3.10. The van der Waals surface area contributed by atoms with Gasteiger partial charge in [-0.05, 0) is 36.8 Å². The number of benzene rings is 2. The summed E-state index contributed by atoms with van der Waals surface area (Å²) in [6.07, 6.45) is 0. The van der Waals surface area contributed by atoms with Gasteiger partial charge < -0.3 is 4.90 Å². The van der Waals surface area contributed by atoms with Crippen LogP contribution in [0.15, 0.2) is 42.5 Å². The molecule has 0 saturated carbocycles. The third kappa shape index (κ3) is 2.94. The first kappa shape index (κ1) is 14.0. The van der Waals surface area contributed by atoms with Crippen LogP contribution in [0.1, 0.15) is 18.1 Å². The lowest BCUT2D eigenvalue weighted by atomic mass is 10.1. The number of hydrogen-bond donors (Lipinski definition) is 0. The van der Waals surface area contributed by atoms with Gasteiger partial charge in [-0.1, -0.05) is 18.2 Å². The molecule has 20 heavy (non-hydrogen) atoms. The molecule has 2 aromatic carbocycles. The Bertz CT molecular complexity index is 647. The first-order valence-electron chi connectivity index (χ1n) is 6.33. The predicted octanol–water partition coefficient (Wildman–Crippen LogP) is 3.86. The Morgan fingerprint density at radius 3 is 2.50 bits per heavy atom. The van der Waals surface area contributed by atoms with Crippen molar-refractivity contribution in [2.75, 3.05) is 11.4 Å². The zero-order valence-corrected chi connectivity index (χ0v) is 11.1. The van der Waals surface area contributed by atoms with Gasteiger partial charge in [-0.15, -0.1) is 0 Å². The molecular weight excluding hydrogens is 258 g/mol. The van der Waals surface area contributed by atoms with Crippen molar-refractivity contribution in [2.24, 2.45) is 0 Å². The van der Waals surface area contributed by atoms with E-state index in [9.17, 15) is 8.78 Å². The molecule has 0 radical (unpaired) electrons. The van der Waals surface area contributed by atoms with Gasteiger partial charge in [0.2, 0.25) is 0 Å². The fourth-order valence-corrected chi connectivity index (χ4v) is 2.05. The Balaban J connectivity index is 2.28. The molecule has 0 aliphatic rings. The minimum atomic E-state index is -0.537. The van der Waals surface area contributed by atoms with E-state index >= 15 is 0 Å². The molecule has 0 spiro atoms. The lowest BCUT2D eigenvalue weighted by Gasteiger charge is -2.23. The molecular formula is C16H14F2N2. The van der Waals surface area contributed by atoms with Crippen LogP contribution in [0.3, 0.4) is 0 Å². The standard InChI is InChI=1S/C16H14F2N2/c1-2-20(16-6-4-3-5-15(16)18)11-12-7-8-14(17)13(9-12)10-19/h3-9H,2,11H2,1H3. The van der Waals surface area contributed by atoms with E-state index in [1.807, 2.05) is 17.9 Å². The molecule has 0 bridgehead atoms. The maximum absolute atomic E-state index is 13.8. The van der Waals surface area contributed by atoms with Crippen molar-refractivity contribution >= 4 is 5.69 Å². The molecule has 0 atom stereocenters. The lowest BCUT2D eigenvalue weighted by Crippen LogP contribution is -2.23. The molecule has 2 rings (SSSR count). The van der Waals surface area contributed by atoms with E-state index < -0.39 is 5.82 Å². The maximum Gasteiger partial charge on any atom is 0.146 e. The summed E-state index contributed by atoms with van der Waals surface area (Å²) in [5.74, 6) is -0.831. The molecule has 102 valence electrons. The molecule has 0 aliphatic heterocycles. The van der Waals surface area contributed by atoms with Gasteiger partial charge in [-0.3, -0.25) is 0 Å². The zero-order chi connectivity index (χ0) is 14.5. The highest BCUT2D eigenvalue weighted by molar-refractivity contribution is 5.48. The van der Waals surface area contributed by atoms with Crippen LogP contribution in [0.25, 0.3) is 0 Å². The second-order valence-corrected chi connectivity index (χ2v) is 4.39. The van der Waals surface area contributed by atoms with Crippen LogP contribution in [-0.4, -0.2) is 6.54 Å². The molecule has 0 amide bonds. The highest BCUT2D eigenvalue weighted by Crippen LogP contribution is 2.21. The second-order valence-electron chi connectivity index (χ2n) is 4.39. The van der Waals surface area contributed by atoms with Gasteiger partial charge in [0.05, 0.1) is 11.3 Å². The van der Waals surface area contributed by atoms with Crippen LogP contribution in [0.2, 0.25) is 0 Å². The number of halogens is 2. The van der Waals surface area contributed by atoms with E-state index in [-0.39, 0.29) is 11.4 Å². The number of nitriles is 1. The smallest absolute Gasteiger partial charge is 0.146 e. The Kier molecular flexibility index (Phi) is 4.31. The van der Waals surface area contributed by atoms with Crippen LogP contribution in [0, 0.1) is 23.0 Å². The Hall–Kier alpha value is -2.41. The van der Waals surface area contributed by atoms with E-state index in [0.717, 1.165) is 5.56 Å². The largest absolute Gasteiger partial charge is 0.365 e. The molecule has 0 unspecified atom stereocenters. The molecule has 0 aromatic heterocycles. The molecule has 0 aliphatic carbocycles. The summed E-state index contributed by atoms with van der Waals surface area (Å²) < 4.78 is 27.1. The van der Waals surface area contributed by atoms with E-state index in [4.69, 9.17) is 5.26 Å². The summed E-state index contributed by atoms with van der Waals surface area (Å²) in [5, 5.41) is 8.83. The van der Waals surface area contributed by atoms with Crippen LogP contribution in [-0.2, 0) is 6.54 Å². The SMILES string of the molecule is CCN(Cc1ccc(F)c(C#N)c1)c1ccccc1F. The Morgan fingerprint density at radius 1 is 1.10 bits per heavy atom. The first-order chi connectivity index (χ1) is 9.65. The monoisotopic (exact) mass is 272 g/mol. The predicted molar refractivity (Wildman–Crippen MR) is 74.2 cm³/mol.